The van der Waals surface area contributed by atoms with Crippen LogP contribution in [0.1, 0.15) is 38.7 Å². The van der Waals surface area contributed by atoms with Crippen LogP contribution >= 0.6 is 0 Å². The van der Waals surface area contributed by atoms with Crippen molar-refractivity contribution in [2.45, 2.75) is 33.1 Å². The Kier molecular flexibility index (Phi) is 6.01. The van der Waals surface area contributed by atoms with Gasteiger partial charge in [0.05, 0.1) is 5.70 Å². The van der Waals surface area contributed by atoms with Crippen LogP contribution in [-0.2, 0) is 0 Å². The first-order chi connectivity index (χ1) is 11.4. The lowest BCUT2D eigenvalue weighted by atomic mass is 9.93. The first kappa shape index (κ1) is 18.0. The van der Waals surface area contributed by atoms with Crippen molar-refractivity contribution < 1.29 is 5.11 Å². The van der Waals surface area contributed by atoms with Crippen molar-refractivity contribution in [3.8, 4) is 5.75 Å². The molecule has 2 unspecified atom stereocenters. The molecule has 5 heteroatoms. The topological polar surface area (TPSA) is 102 Å². The van der Waals surface area contributed by atoms with Crippen molar-refractivity contribution in [2.24, 2.45) is 29.0 Å². The van der Waals surface area contributed by atoms with Gasteiger partial charge in [0.15, 0.2) is 0 Å². The number of phenolic OH excluding ortho intramolecular Hbond substituents is 1. The van der Waals surface area contributed by atoms with Crippen LogP contribution in [-0.4, -0.2) is 23.1 Å². The number of hydrogen-bond donors (Lipinski definition) is 4. The molecule has 2 atom stereocenters. The second kappa shape index (κ2) is 7.99. The van der Waals surface area contributed by atoms with E-state index in [0.29, 0.717) is 17.2 Å². The molecule has 0 aliphatic carbocycles. The highest BCUT2D eigenvalue weighted by atomic mass is 16.3. The molecule has 7 N–H and O–H groups in total. The minimum absolute atomic E-state index is 0.150. The van der Waals surface area contributed by atoms with Crippen LogP contribution in [0.2, 0.25) is 0 Å². The average Bonchev–Trinajstić information content (AvgIpc) is 2.73. The Morgan fingerprint density at radius 1 is 1.29 bits per heavy atom. The molecular weight excluding hydrogens is 300 g/mol. The zero-order valence-corrected chi connectivity index (χ0v) is 14.7. The van der Waals surface area contributed by atoms with Gasteiger partial charge in [0.1, 0.15) is 11.6 Å². The lowest BCUT2D eigenvalue weighted by Gasteiger charge is -2.27. The predicted molar refractivity (Wildman–Crippen MR) is 99.4 cm³/mol. The molecule has 0 aromatic heterocycles. The molecule has 1 aromatic rings. The van der Waals surface area contributed by atoms with Gasteiger partial charge in [-0.25, -0.2) is 0 Å². The quantitative estimate of drug-likeness (QED) is 0.636. The summed E-state index contributed by atoms with van der Waals surface area (Å²) < 4.78 is 0. The maximum Gasteiger partial charge on any atom is 0.124 e. The Labute approximate surface area is 144 Å². The van der Waals surface area contributed by atoms with Crippen LogP contribution in [0.15, 0.2) is 41.9 Å². The minimum Gasteiger partial charge on any atom is -0.507 e. The summed E-state index contributed by atoms with van der Waals surface area (Å²) in [5.74, 6) is 1.73. The molecule has 0 radical (unpaired) electrons. The Balaban J connectivity index is 2.29. The minimum atomic E-state index is 0.150. The number of para-hydroxylation sites is 1. The van der Waals surface area contributed by atoms with Crippen LogP contribution in [0, 0.1) is 11.8 Å². The number of phenols is 1. The Hall–Kier alpha value is -2.30. The van der Waals surface area contributed by atoms with Gasteiger partial charge in [-0.1, -0.05) is 32.4 Å². The Bertz CT molecular complexity index is 620. The van der Waals surface area contributed by atoms with E-state index in [2.05, 4.69) is 18.7 Å². The third-order valence-electron chi connectivity index (χ3n) is 4.80. The van der Waals surface area contributed by atoms with Crippen LogP contribution in [0.3, 0.4) is 0 Å². The molecule has 1 fully saturated rings. The van der Waals surface area contributed by atoms with Crippen molar-refractivity contribution >= 4 is 5.70 Å². The normalized spacial score (nSPS) is 22.1. The molecule has 1 heterocycles. The zero-order valence-electron chi connectivity index (χ0n) is 14.7. The lowest BCUT2D eigenvalue weighted by Crippen LogP contribution is -2.31. The largest absolute Gasteiger partial charge is 0.507 e. The molecule has 0 saturated carbocycles. The van der Waals surface area contributed by atoms with E-state index in [4.69, 9.17) is 17.2 Å². The summed E-state index contributed by atoms with van der Waals surface area (Å²) in [5, 5.41) is 9.98. The summed E-state index contributed by atoms with van der Waals surface area (Å²) in [4.78, 5) is 2.22. The Morgan fingerprint density at radius 3 is 2.62 bits per heavy atom. The highest BCUT2D eigenvalue weighted by Gasteiger charge is 2.22. The molecule has 24 heavy (non-hydrogen) atoms. The maximum atomic E-state index is 9.98. The van der Waals surface area contributed by atoms with E-state index in [-0.39, 0.29) is 11.6 Å². The molecule has 0 spiro atoms. The highest BCUT2D eigenvalue weighted by Crippen LogP contribution is 2.28. The molecule has 5 nitrogen and oxygen atoms in total. The molecule has 2 rings (SSSR count). The van der Waals surface area contributed by atoms with Crippen LogP contribution in [0.25, 0.3) is 5.70 Å². The van der Waals surface area contributed by atoms with Crippen molar-refractivity contribution in [1.82, 2.24) is 4.90 Å². The van der Waals surface area contributed by atoms with Crippen molar-refractivity contribution in [2.75, 3.05) is 13.1 Å². The van der Waals surface area contributed by atoms with Gasteiger partial charge in [-0.05, 0) is 42.9 Å². The fraction of sp³-hybridized carbons (Fsp3) is 0.474. The summed E-state index contributed by atoms with van der Waals surface area (Å²) in [6.45, 7) is 6.34. The first-order valence-electron chi connectivity index (χ1n) is 8.68. The summed E-state index contributed by atoms with van der Waals surface area (Å²) in [6, 6.07) is 7.00. The van der Waals surface area contributed by atoms with Crippen molar-refractivity contribution in [3.63, 3.8) is 0 Å². The second-order valence-electron chi connectivity index (χ2n) is 6.81. The zero-order chi connectivity index (χ0) is 17.7. The van der Waals surface area contributed by atoms with E-state index in [0.717, 1.165) is 31.1 Å². The monoisotopic (exact) mass is 330 g/mol. The number of nitrogens with zero attached hydrogens (tertiary/aromatic N) is 1. The number of nitrogens with two attached hydrogens (primary N) is 3. The number of aromatic hydroxyl groups is 1. The van der Waals surface area contributed by atoms with Gasteiger partial charge >= 0.3 is 0 Å². The van der Waals surface area contributed by atoms with Gasteiger partial charge in [-0.2, -0.15) is 0 Å². The lowest BCUT2D eigenvalue weighted by molar-refractivity contribution is 0.324. The van der Waals surface area contributed by atoms with E-state index in [1.165, 1.54) is 12.8 Å². The number of likely N-dealkylation sites (tertiary alicyclic amines) is 1. The molecule has 0 amide bonds. The van der Waals surface area contributed by atoms with E-state index in [9.17, 15) is 5.11 Å². The molecule has 1 aliphatic rings. The molecule has 1 saturated heterocycles. The SMILES string of the molecule is CCC1CCN(C(/C=C(\N)c2ccccc2O)=C(N)N)CC(C)C1. The van der Waals surface area contributed by atoms with E-state index >= 15 is 0 Å². The number of hydrogen-bond acceptors (Lipinski definition) is 5. The second-order valence-corrected chi connectivity index (χ2v) is 6.81. The van der Waals surface area contributed by atoms with Crippen LogP contribution in [0.4, 0.5) is 0 Å². The maximum absolute atomic E-state index is 9.98. The number of benzene rings is 1. The van der Waals surface area contributed by atoms with Gasteiger partial charge in [0.2, 0.25) is 0 Å². The molecule has 1 aromatic carbocycles. The highest BCUT2D eigenvalue weighted by molar-refractivity contribution is 5.69. The van der Waals surface area contributed by atoms with E-state index < -0.39 is 0 Å². The van der Waals surface area contributed by atoms with E-state index in [1.807, 2.05) is 6.07 Å². The van der Waals surface area contributed by atoms with Crippen LogP contribution < -0.4 is 17.2 Å². The Morgan fingerprint density at radius 2 is 2.00 bits per heavy atom. The average molecular weight is 330 g/mol. The third kappa shape index (κ3) is 4.37. The van der Waals surface area contributed by atoms with Gasteiger partial charge < -0.3 is 27.2 Å². The van der Waals surface area contributed by atoms with Gasteiger partial charge in [0, 0.05) is 24.4 Å². The van der Waals surface area contributed by atoms with Crippen LogP contribution in [0.5, 0.6) is 5.75 Å². The van der Waals surface area contributed by atoms with Crippen molar-refractivity contribution in [3.05, 3.63) is 47.4 Å². The number of allylic oxidation sites excluding steroid dienone is 1. The number of rotatable bonds is 4. The molecule has 0 bridgehead atoms. The van der Waals surface area contributed by atoms with Gasteiger partial charge in [0.25, 0.3) is 0 Å². The van der Waals surface area contributed by atoms with Gasteiger partial charge in [-0.3, -0.25) is 0 Å². The molecule has 132 valence electrons. The fourth-order valence-corrected chi connectivity index (χ4v) is 3.46. The summed E-state index contributed by atoms with van der Waals surface area (Å²) in [6.07, 6.45) is 5.33. The summed E-state index contributed by atoms with van der Waals surface area (Å²) in [5.41, 5.74) is 19.9. The predicted octanol–water partition coefficient (Wildman–Crippen LogP) is 2.54. The smallest absolute Gasteiger partial charge is 0.124 e. The third-order valence-corrected chi connectivity index (χ3v) is 4.80. The fourth-order valence-electron chi connectivity index (χ4n) is 3.46. The standard InChI is InChI=1S/C19H30N4O/c1-3-14-8-9-23(12-13(2)10-14)17(19(21)22)11-16(20)15-6-4-5-7-18(15)24/h4-7,11,13-14,24H,3,8-10,12,20-22H2,1-2H3/b16-11-. The van der Waals surface area contributed by atoms with E-state index in [1.54, 1.807) is 24.3 Å². The van der Waals surface area contributed by atoms with Gasteiger partial charge in [-0.15, -0.1) is 0 Å². The summed E-state index contributed by atoms with van der Waals surface area (Å²) in [7, 11) is 0. The first-order valence-corrected chi connectivity index (χ1v) is 8.68. The summed E-state index contributed by atoms with van der Waals surface area (Å²) >= 11 is 0. The molecule has 1 aliphatic heterocycles. The van der Waals surface area contributed by atoms with Crippen molar-refractivity contribution in [1.29, 1.82) is 0 Å². The molecular formula is C19H30N4O.